The Labute approximate surface area is 232 Å². The summed E-state index contributed by atoms with van der Waals surface area (Å²) < 4.78 is 34.4. The predicted octanol–water partition coefficient (Wildman–Crippen LogP) is 2.91. The van der Waals surface area contributed by atoms with Crippen molar-refractivity contribution in [1.29, 1.82) is 0 Å². The maximum absolute atomic E-state index is 10.2. The van der Waals surface area contributed by atoms with Crippen LogP contribution in [0.3, 0.4) is 0 Å². The first-order valence-electron chi connectivity index (χ1n) is 12.1. The summed E-state index contributed by atoms with van der Waals surface area (Å²) in [5, 5.41) is 13.9. The molecule has 0 fully saturated rings. The monoisotopic (exact) mass is 524 g/mol. The Kier molecular flexibility index (Phi) is 22.7. The summed E-state index contributed by atoms with van der Waals surface area (Å²) in [5.41, 5.74) is 1.35. The van der Waals surface area contributed by atoms with Gasteiger partial charge in [-0.2, -0.15) is 15.0 Å². The molecule has 0 aliphatic heterocycles. The van der Waals surface area contributed by atoms with Gasteiger partial charge in [0.2, 0.25) is 0 Å². The van der Waals surface area contributed by atoms with Crippen LogP contribution in [-0.4, -0.2) is 40.4 Å². The molecule has 0 saturated carbocycles. The molecule has 196 valence electrons. The Bertz CT molecular complexity index is 798. The number of aryl methyl sites for hydroxylation is 1. The van der Waals surface area contributed by atoms with Gasteiger partial charge in [-0.25, -0.2) is 0 Å². The van der Waals surface area contributed by atoms with Crippen molar-refractivity contribution in [3.8, 4) is 5.75 Å². The SMILES string of the molecule is CC[CH-]Oc1ccccc1CCCCCCCCCCCC.O=C(O)CC(C(=O)O)S(=O)(=O)O.[Na+]. The van der Waals surface area contributed by atoms with E-state index in [9.17, 15) is 18.0 Å². The summed E-state index contributed by atoms with van der Waals surface area (Å²) in [6, 6.07) is 8.45. The molecular weight excluding hydrogens is 483 g/mol. The molecule has 1 aromatic rings. The van der Waals surface area contributed by atoms with Crippen LogP contribution in [0.25, 0.3) is 0 Å². The Balaban J connectivity index is 0. The number of carbonyl (C=O) groups is 2. The van der Waals surface area contributed by atoms with Crippen LogP contribution in [0, 0.1) is 6.61 Å². The van der Waals surface area contributed by atoms with Crippen LogP contribution in [0.15, 0.2) is 24.3 Å². The van der Waals surface area contributed by atoms with Crippen LogP contribution in [0.4, 0.5) is 0 Å². The number of carboxylic acids is 2. The first kappa shape index (κ1) is 36.0. The third-order valence-corrected chi connectivity index (χ3v) is 6.23. The fourth-order valence-electron chi connectivity index (χ4n) is 3.28. The van der Waals surface area contributed by atoms with E-state index in [1.54, 1.807) is 0 Å². The molecule has 1 rings (SSSR count). The van der Waals surface area contributed by atoms with E-state index in [4.69, 9.17) is 19.5 Å². The zero-order chi connectivity index (χ0) is 25.8. The Morgan fingerprint density at radius 2 is 1.43 bits per heavy atom. The summed E-state index contributed by atoms with van der Waals surface area (Å²) in [6.07, 6.45) is 14.9. The molecular formula is C25H41NaO8S. The maximum atomic E-state index is 10.2. The van der Waals surface area contributed by atoms with Gasteiger partial charge in [0.1, 0.15) is 0 Å². The topological polar surface area (TPSA) is 138 Å². The minimum absolute atomic E-state index is 0. The van der Waals surface area contributed by atoms with E-state index in [0.717, 1.165) is 18.6 Å². The van der Waals surface area contributed by atoms with Crippen LogP contribution in [0.1, 0.15) is 96.5 Å². The van der Waals surface area contributed by atoms with Crippen molar-refractivity contribution >= 4 is 22.1 Å². The molecule has 0 aliphatic rings. The smallest absolute Gasteiger partial charge is 0.662 e. The summed E-state index contributed by atoms with van der Waals surface area (Å²) in [5.74, 6) is -2.46. The van der Waals surface area contributed by atoms with Gasteiger partial charge in [-0.3, -0.25) is 14.1 Å². The summed E-state index contributed by atoms with van der Waals surface area (Å²) in [7, 11) is -4.84. The molecule has 0 spiro atoms. The molecule has 1 unspecified atom stereocenters. The van der Waals surface area contributed by atoms with Crippen LogP contribution in [-0.2, 0) is 26.1 Å². The molecule has 0 aliphatic carbocycles. The number of unbranched alkanes of at least 4 members (excludes halogenated alkanes) is 9. The molecule has 10 heteroatoms. The van der Waals surface area contributed by atoms with Crippen molar-refractivity contribution < 1.29 is 67.1 Å². The second-order valence-electron chi connectivity index (χ2n) is 8.17. The van der Waals surface area contributed by atoms with Gasteiger partial charge in [0, 0.05) is 0 Å². The minimum atomic E-state index is -4.84. The van der Waals surface area contributed by atoms with E-state index in [0.29, 0.717) is 0 Å². The molecule has 1 aromatic carbocycles. The second-order valence-corrected chi connectivity index (χ2v) is 9.77. The molecule has 0 bridgehead atoms. The number of rotatable bonds is 18. The van der Waals surface area contributed by atoms with Crippen molar-refractivity contribution in [2.45, 2.75) is 103 Å². The van der Waals surface area contributed by atoms with Crippen LogP contribution in [0.5, 0.6) is 5.75 Å². The fraction of sp³-hybridized carbons (Fsp3) is 0.640. The molecule has 3 N–H and O–H groups in total. The number of aliphatic carboxylic acids is 2. The third kappa shape index (κ3) is 19.7. The standard InChI is InChI=1S/C21H35O.C4H6O7S.Na/c1-3-5-6-7-8-9-10-11-12-13-16-20-17-14-15-18-21(20)22-19-4-2;5-3(6)1-2(4(7)8)12(9,10)11;/h14-15,17-19H,3-13,16H2,1-2H3;2H,1H2,(H,5,6)(H,7,8)(H,9,10,11);/q-1;;+1. The third-order valence-electron chi connectivity index (χ3n) is 5.14. The fourth-order valence-corrected chi connectivity index (χ4v) is 3.89. The zero-order valence-corrected chi connectivity index (χ0v) is 24.3. The molecule has 0 heterocycles. The number of carboxylic acid groups (broad SMARTS) is 2. The average Bonchev–Trinajstić information content (AvgIpc) is 2.77. The van der Waals surface area contributed by atoms with Crippen LogP contribution >= 0.6 is 0 Å². The van der Waals surface area contributed by atoms with Crippen molar-refractivity contribution in [1.82, 2.24) is 0 Å². The molecule has 0 saturated heterocycles. The van der Waals surface area contributed by atoms with E-state index in [2.05, 4.69) is 38.1 Å². The van der Waals surface area contributed by atoms with Gasteiger partial charge in [0.05, 0.1) is 12.2 Å². The van der Waals surface area contributed by atoms with Gasteiger partial charge in [-0.05, 0) is 24.5 Å². The van der Waals surface area contributed by atoms with Gasteiger partial charge >= 0.3 is 41.5 Å². The van der Waals surface area contributed by atoms with Crippen LogP contribution in [0.2, 0.25) is 0 Å². The minimum Gasteiger partial charge on any atom is -0.662 e. The predicted molar refractivity (Wildman–Crippen MR) is 132 cm³/mol. The largest absolute Gasteiger partial charge is 1.00 e. The van der Waals surface area contributed by atoms with Gasteiger partial charge < -0.3 is 14.9 Å². The number of ether oxygens (including phenoxy) is 1. The zero-order valence-electron chi connectivity index (χ0n) is 21.4. The number of hydrogen-bond donors (Lipinski definition) is 3. The van der Waals surface area contributed by atoms with E-state index in [1.807, 2.05) is 6.61 Å². The number of para-hydroxylation sites is 1. The van der Waals surface area contributed by atoms with E-state index >= 15 is 0 Å². The van der Waals surface area contributed by atoms with E-state index in [1.165, 1.54) is 69.8 Å². The van der Waals surface area contributed by atoms with Gasteiger partial charge in [-0.1, -0.05) is 89.8 Å². The first-order valence-corrected chi connectivity index (χ1v) is 13.6. The molecule has 0 amide bonds. The number of benzene rings is 1. The van der Waals surface area contributed by atoms with Gasteiger partial charge in [0.15, 0.2) is 5.25 Å². The van der Waals surface area contributed by atoms with Crippen LogP contribution < -0.4 is 34.3 Å². The first-order chi connectivity index (χ1) is 16.1. The van der Waals surface area contributed by atoms with E-state index in [-0.39, 0.29) is 29.6 Å². The summed E-state index contributed by atoms with van der Waals surface area (Å²) in [4.78, 5) is 20.0. The molecule has 0 radical (unpaired) electrons. The molecule has 35 heavy (non-hydrogen) atoms. The van der Waals surface area contributed by atoms with E-state index < -0.39 is 33.7 Å². The van der Waals surface area contributed by atoms with Gasteiger partial charge in [-0.15, -0.1) is 6.42 Å². The summed E-state index contributed by atoms with van der Waals surface area (Å²) in [6.45, 7) is 6.27. The van der Waals surface area contributed by atoms with Crippen molar-refractivity contribution in [3.05, 3.63) is 36.4 Å². The Hall–Kier alpha value is -1.13. The molecule has 0 aromatic heterocycles. The quantitative estimate of drug-likeness (QED) is 0.115. The Morgan fingerprint density at radius 3 is 1.86 bits per heavy atom. The van der Waals surface area contributed by atoms with Gasteiger partial charge in [0.25, 0.3) is 10.1 Å². The Morgan fingerprint density at radius 1 is 0.914 bits per heavy atom. The second kappa shape index (κ2) is 22.1. The van der Waals surface area contributed by atoms with Crippen molar-refractivity contribution in [2.24, 2.45) is 0 Å². The van der Waals surface area contributed by atoms with Crippen molar-refractivity contribution in [3.63, 3.8) is 0 Å². The normalized spacial score (nSPS) is 11.5. The average molecular weight is 525 g/mol. The molecule has 1 atom stereocenters. The number of hydrogen-bond acceptors (Lipinski definition) is 5. The summed E-state index contributed by atoms with van der Waals surface area (Å²) >= 11 is 0. The van der Waals surface area contributed by atoms with Crippen molar-refractivity contribution in [2.75, 3.05) is 0 Å². The molecule has 8 nitrogen and oxygen atoms in total. The maximum Gasteiger partial charge on any atom is 1.00 e.